The number of benzene rings is 1. The summed E-state index contributed by atoms with van der Waals surface area (Å²) in [7, 11) is 0. The van der Waals surface area contributed by atoms with Gasteiger partial charge >= 0.3 is 0 Å². The van der Waals surface area contributed by atoms with Crippen molar-refractivity contribution >= 4 is 28.1 Å². The van der Waals surface area contributed by atoms with Crippen LogP contribution in [0, 0.1) is 11.8 Å². The molecule has 0 radical (unpaired) electrons. The Hall–Kier alpha value is -2.86. The van der Waals surface area contributed by atoms with E-state index < -0.39 is 0 Å². The summed E-state index contributed by atoms with van der Waals surface area (Å²) in [5, 5.41) is 20.6. The van der Waals surface area contributed by atoms with E-state index in [0.717, 1.165) is 52.8 Å². The quantitative estimate of drug-likeness (QED) is 0.407. The maximum absolute atomic E-state index is 10.0. The van der Waals surface area contributed by atoms with Crippen LogP contribution in [0.2, 0.25) is 0 Å². The van der Waals surface area contributed by atoms with Gasteiger partial charge in [0.2, 0.25) is 5.82 Å². The van der Waals surface area contributed by atoms with Gasteiger partial charge in [0.05, 0.1) is 17.5 Å². The molecule has 0 amide bonds. The lowest BCUT2D eigenvalue weighted by Gasteiger charge is -2.20. The molecule has 2 aliphatic carbocycles. The average molecular weight is 451 g/mol. The van der Waals surface area contributed by atoms with Gasteiger partial charge in [0, 0.05) is 34.5 Å². The highest BCUT2D eigenvalue weighted by Crippen LogP contribution is 2.35. The fourth-order valence-corrected chi connectivity index (χ4v) is 4.53. The molecule has 166 valence electrons. The smallest absolute Gasteiger partial charge is 0.257 e. The van der Waals surface area contributed by atoms with Crippen molar-refractivity contribution in [2.24, 2.45) is 11.8 Å². The SMILES string of the molecule is CC(C)CC1CC=C(c2nc(-c3ccc4c(cnn4CCC(O)=C4CC4)c3)no2)C=C1Cl. The number of rotatable bonds is 7. The number of aliphatic hydroxyl groups is 1. The van der Waals surface area contributed by atoms with E-state index >= 15 is 0 Å². The highest BCUT2D eigenvalue weighted by Gasteiger charge is 2.21. The zero-order valence-electron chi connectivity index (χ0n) is 18.4. The van der Waals surface area contributed by atoms with Crippen molar-refractivity contribution in [3.8, 4) is 11.4 Å². The minimum absolute atomic E-state index is 0.365. The number of aryl methyl sites for hydroxylation is 1. The summed E-state index contributed by atoms with van der Waals surface area (Å²) in [5.74, 6) is 2.52. The Bertz CT molecular complexity index is 1240. The predicted molar refractivity (Wildman–Crippen MR) is 126 cm³/mol. The molecule has 1 saturated carbocycles. The molecular formula is C25H27ClN4O2. The zero-order valence-corrected chi connectivity index (χ0v) is 19.1. The van der Waals surface area contributed by atoms with E-state index in [1.54, 1.807) is 0 Å². The molecule has 0 aliphatic heterocycles. The van der Waals surface area contributed by atoms with Crippen molar-refractivity contribution in [2.45, 2.75) is 52.5 Å². The first-order valence-corrected chi connectivity index (χ1v) is 11.6. The summed E-state index contributed by atoms with van der Waals surface area (Å²) >= 11 is 6.53. The summed E-state index contributed by atoms with van der Waals surface area (Å²) in [6.07, 6.45) is 10.5. The van der Waals surface area contributed by atoms with Crippen LogP contribution < -0.4 is 0 Å². The van der Waals surface area contributed by atoms with Gasteiger partial charge in [-0.25, -0.2) is 0 Å². The second kappa shape index (κ2) is 8.58. The number of nitrogens with zero attached hydrogens (tertiary/aromatic N) is 4. The lowest BCUT2D eigenvalue weighted by Crippen LogP contribution is -2.07. The van der Waals surface area contributed by atoms with Crippen LogP contribution in [-0.4, -0.2) is 25.0 Å². The number of halogens is 1. The van der Waals surface area contributed by atoms with Crippen LogP contribution >= 0.6 is 11.6 Å². The van der Waals surface area contributed by atoms with Gasteiger partial charge in [-0.05, 0) is 67.4 Å². The molecule has 0 saturated heterocycles. The summed E-state index contributed by atoms with van der Waals surface area (Å²) in [6.45, 7) is 5.08. The molecule has 32 heavy (non-hydrogen) atoms. The van der Waals surface area contributed by atoms with Gasteiger partial charge in [0.1, 0.15) is 0 Å². The van der Waals surface area contributed by atoms with Crippen LogP contribution in [0.15, 0.2) is 57.4 Å². The first-order chi connectivity index (χ1) is 15.5. The molecule has 1 atom stereocenters. The van der Waals surface area contributed by atoms with E-state index in [2.05, 4.69) is 35.2 Å². The summed E-state index contributed by atoms with van der Waals surface area (Å²) in [5.41, 5.74) is 3.95. The molecule has 1 fully saturated rings. The van der Waals surface area contributed by atoms with Crippen molar-refractivity contribution in [3.05, 3.63) is 58.8 Å². The van der Waals surface area contributed by atoms with E-state index in [1.165, 1.54) is 5.57 Å². The second-order valence-corrected chi connectivity index (χ2v) is 9.55. The van der Waals surface area contributed by atoms with Gasteiger partial charge < -0.3 is 9.63 Å². The standard InChI is InChI=1S/C25H27ClN4O2/c1-15(2)11-17-5-6-19(13-21(17)26)25-28-24(29-32-25)18-7-8-22-20(12-18)14-27-30(22)10-9-23(31)16-3-4-16/h6-8,12-15,17,31H,3-5,9-11H2,1-2H3. The maximum atomic E-state index is 10.0. The molecule has 3 aromatic rings. The highest BCUT2D eigenvalue weighted by atomic mass is 35.5. The molecular weight excluding hydrogens is 424 g/mol. The maximum Gasteiger partial charge on any atom is 0.257 e. The lowest BCUT2D eigenvalue weighted by atomic mass is 9.89. The molecule has 0 bridgehead atoms. The summed E-state index contributed by atoms with van der Waals surface area (Å²) in [4.78, 5) is 4.61. The van der Waals surface area contributed by atoms with E-state index in [9.17, 15) is 5.11 Å². The third kappa shape index (κ3) is 4.37. The predicted octanol–water partition coefficient (Wildman–Crippen LogP) is 6.65. The van der Waals surface area contributed by atoms with Crippen LogP contribution in [0.4, 0.5) is 0 Å². The monoisotopic (exact) mass is 450 g/mol. The number of fused-ring (bicyclic) bond motifs is 1. The molecule has 0 spiro atoms. The molecule has 6 nitrogen and oxygen atoms in total. The van der Waals surface area contributed by atoms with E-state index in [-0.39, 0.29) is 0 Å². The van der Waals surface area contributed by atoms with Crippen molar-refractivity contribution in [3.63, 3.8) is 0 Å². The Kier molecular flexibility index (Phi) is 5.64. The molecule has 1 aromatic carbocycles. The van der Waals surface area contributed by atoms with Crippen LogP contribution in [0.1, 0.15) is 51.8 Å². The minimum atomic E-state index is 0.365. The van der Waals surface area contributed by atoms with Crippen molar-refractivity contribution in [1.29, 1.82) is 0 Å². The Balaban J connectivity index is 1.32. The Morgan fingerprint density at radius 1 is 1.31 bits per heavy atom. The Morgan fingerprint density at radius 3 is 2.91 bits per heavy atom. The number of hydrogen-bond acceptors (Lipinski definition) is 5. The zero-order chi connectivity index (χ0) is 22.2. The Labute approximate surface area is 192 Å². The number of allylic oxidation sites excluding steroid dienone is 6. The Morgan fingerprint density at radius 2 is 2.16 bits per heavy atom. The van der Waals surface area contributed by atoms with E-state index in [4.69, 9.17) is 16.1 Å². The lowest BCUT2D eigenvalue weighted by molar-refractivity contribution is 0.372. The van der Waals surface area contributed by atoms with Crippen LogP contribution in [0.3, 0.4) is 0 Å². The van der Waals surface area contributed by atoms with Crippen LogP contribution in [0.25, 0.3) is 27.9 Å². The minimum Gasteiger partial charge on any atom is -0.512 e. The van der Waals surface area contributed by atoms with E-state index in [0.29, 0.717) is 42.3 Å². The van der Waals surface area contributed by atoms with Gasteiger partial charge in [0.25, 0.3) is 5.89 Å². The molecule has 1 N–H and O–H groups in total. The second-order valence-electron chi connectivity index (χ2n) is 9.12. The first kappa shape index (κ1) is 21.0. The third-order valence-corrected chi connectivity index (χ3v) is 6.52. The third-order valence-electron chi connectivity index (χ3n) is 6.10. The molecule has 1 unspecified atom stereocenters. The number of aromatic nitrogens is 4. The van der Waals surface area contributed by atoms with Gasteiger partial charge in [-0.1, -0.05) is 36.7 Å². The van der Waals surface area contributed by atoms with Crippen molar-refractivity contribution in [1.82, 2.24) is 19.9 Å². The van der Waals surface area contributed by atoms with Crippen LogP contribution in [0.5, 0.6) is 0 Å². The number of hydrogen-bond donors (Lipinski definition) is 1. The molecule has 5 rings (SSSR count). The fourth-order valence-electron chi connectivity index (χ4n) is 4.24. The van der Waals surface area contributed by atoms with E-state index in [1.807, 2.05) is 35.2 Å². The van der Waals surface area contributed by atoms with Crippen LogP contribution in [-0.2, 0) is 6.54 Å². The average Bonchev–Trinajstić information content (AvgIpc) is 3.37. The number of aliphatic hydroxyl groups excluding tert-OH is 1. The molecule has 2 aliphatic rings. The summed E-state index contributed by atoms with van der Waals surface area (Å²) in [6, 6.07) is 6.01. The van der Waals surface area contributed by atoms with Crippen molar-refractivity contribution < 1.29 is 9.63 Å². The van der Waals surface area contributed by atoms with Gasteiger partial charge in [-0.3, -0.25) is 4.68 Å². The molecule has 2 aromatic heterocycles. The summed E-state index contributed by atoms with van der Waals surface area (Å²) < 4.78 is 7.47. The first-order valence-electron chi connectivity index (χ1n) is 11.2. The van der Waals surface area contributed by atoms with Gasteiger partial charge in [-0.15, -0.1) is 0 Å². The van der Waals surface area contributed by atoms with Crippen molar-refractivity contribution in [2.75, 3.05) is 0 Å². The molecule has 7 heteroatoms. The molecule has 2 heterocycles. The normalized spacial score (nSPS) is 18.2. The fraction of sp³-hybridized carbons (Fsp3) is 0.400. The largest absolute Gasteiger partial charge is 0.512 e. The van der Waals surface area contributed by atoms with Gasteiger partial charge in [0.15, 0.2) is 0 Å². The highest BCUT2D eigenvalue weighted by molar-refractivity contribution is 6.30. The topological polar surface area (TPSA) is 77.0 Å². The van der Waals surface area contributed by atoms with Gasteiger partial charge in [-0.2, -0.15) is 10.1 Å².